The molecule has 2 aromatic heterocycles. The molecule has 2 amide bonds. The number of anilines is 1. The van der Waals surface area contributed by atoms with Gasteiger partial charge >= 0.3 is 6.18 Å². The first-order valence-corrected chi connectivity index (χ1v) is 12.3. The van der Waals surface area contributed by atoms with Crippen LogP contribution >= 0.6 is 0 Å². The maximum atomic E-state index is 13.7. The van der Waals surface area contributed by atoms with Crippen molar-refractivity contribution in [1.29, 1.82) is 0 Å². The van der Waals surface area contributed by atoms with E-state index in [1.807, 2.05) is 12.1 Å². The van der Waals surface area contributed by atoms with Crippen molar-refractivity contribution >= 4 is 23.5 Å². The van der Waals surface area contributed by atoms with E-state index in [1.165, 1.54) is 23.1 Å². The van der Waals surface area contributed by atoms with Gasteiger partial charge in [-0.1, -0.05) is 36.1 Å². The molecule has 3 aromatic rings. The smallest absolute Gasteiger partial charge is 0.310 e. The third-order valence-corrected chi connectivity index (χ3v) is 7.36. The number of aliphatic imine (C=N–C) groups is 1. The van der Waals surface area contributed by atoms with Crippen LogP contribution in [-0.2, 0) is 34.0 Å². The summed E-state index contributed by atoms with van der Waals surface area (Å²) in [5.74, 6) is 5.86. The number of alkyl halides is 3. The molecule has 4 heterocycles. The molecule has 1 N–H and O–H groups in total. The molecule has 1 atom stereocenters. The number of amidine groups is 1. The number of aromatic nitrogens is 2. The summed E-state index contributed by atoms with van der Waals surface area (Å²) in [6.07, 6.45) is -0.454. The first kappa shape index (κ1) is 24.8. The molecule has 1 unspecified atom stereocenters. The van der Waals surface area contributed by atoms with E-state index in [0.29, 0.717) is 24.2 Å². The molecule has 0 saturated carbocycles. The van der Waals surface area contributed by atoms with Gasteiger partial charge in [-0.2, -0.15) is 13.2 Å². The fourth-order valence-electron chi connectivity index (χ4n) is 5.48. The van der Waals surface area contributed by atoms with Crippen molar-refractivity contribution in [3.8, 4) is 11.8 Å². The van der Waals surface area contributed by atoms with Crippen molar-refractivity contribution in [2.45, 2.75) is 43.8 Å². The molecule has 39 heavy (non-hydrogen) atoms. The van der Waals surface area contributed by atoms with Crippen molar-refractivity contribution in [2.24, 2.45) is 4.99 Å². The Morgan fingerprint density at radius 2 is 1.87 bits per heavy atom. The van der Waals surface area contributed by atoms with Gasteiger partial charge in [-0.3, -0.25) is 24.5 Å². The first-order valence-electron chi connectivity index (χ1n) is 12.3. The summed E-state index contributed by atoms with van der Waals surface area (Å²) in [7, 11) is 0. The molecule has 0 bridgehead atoms. The monoisotopic (exact) mass is 529 g/mol. The number of amides is 2. The number of hydrogen-bond acceptors (Lipinski definition) is 5. The lowest BCUT2D eigenvalue weighted by Crippen LogP contribution is -2.40. The molecule has 0 saturated heterocycles. The highest BCUT2D eigenvalue weighted by atomic mass is 19.4. The highest BCUT2D eigenvalue weighted by Crippen LogP contribution is 2.46. The number of nitrogens with zero attached hydrogens (tertiary/aromatic N) is 4. The Morgan fingerprint density at radius 1 is 1.08 bits per heavy atom. The zero-order valence-corrected chi connectivity index (χ0v) is 21.1. The minimum Gasteiger partial charge on any atom is -0.310 e. The zero-order chi connectivity index (χ0) is 27.6. The van der Waals surface area contributed by atoms with Gasteiger partial charge < -0.3 is 5.32 Å². The number of benzene rings is 1. The fraction of sp³-hybridized carbons (Fsp3) is 0.276. The van der Waals surface area contributed by atoms with Crippen LogP contribution in [0.4, 0.5) is 19.0 Å². The molecule has 0 fully saturated rings. The summed E-state index contributed by atoms with van der Waals surface area (Å²) in [6.45, 7) is 2.98. The molecule has 1 aromatic carbocycles. The van der Waals surface area contributed by atoms with Crippen molar-refractivity contribution < 1.29 is 22.8 Å². The Kier molecular flexibility index (Phi) is 5.40. The van der Waals surface area contributed by atoms with E-state index in [0.717, 1.165) is 22.9 Å². The highest BCUT2D eigenvalue weighted by molar-refractivity contribution is 6.15. The Morgan fingerprint density at radius 3 is 2.67 bits per heavy atom. The van der Waals surface area contributed by atoms with Crippen LogP contribution in [0.15, 0.2) is 59.9 Å². The van der Waals surface area contributed by atoms with Gasteiger partial charge in [-0.25, -0.2) is 4.98 Å². The van der Waals surface area contributed by atoms with Gasteiger partial charge in [-0.05, 0) is 44.0 Å². The van der Waals surface area contributed by atoms with E-state index in [-0.39, 0.29) is 23.9 Å². The topological polar surface area (TPSA) is 87.6 Å². The predicted octanol–water partition coefficient (Wildman–Crippen LogP) is 3.90. The van der Waals surface area contributed by atoms with Crippen molar-refractivity contribution in [2.75, 3.05) is 11.9 Å². The van der Waals surface area contributed by atoms with Gasteiger partial charge in [0, 0.05) is 41.2 Å². The molecular weight excluding hydrogens is 507 g/mol. The third-order valence-electron chi connectivity index (χ3n) is 7.36. The molecular formula is C29H22F3N5O2. The molecule has 1 aliphatic carbocycles. The first-order chi connectivity index (χ1) is 18.5. The summed E-state index contributed by atoms with van der Waals surface area (Å²) in [5.41, 5.74) is 0.131. The van der Waals surface area contributed by atoms with Crippen LogP contribution in [0.3, 0.4) is 0 Å². The number of rotatable bonds is 2. The SMILES string of the molecule is CC1(C)N=C(c2ccccc2C(F)(F)F)N(CC#Cc2cnc3c(c2)CC2(C3)C(=O)Nc3ncccc32)C1=O. The highest BCUT2D eigenvalue weighted by Gasteiger charge is 2.51. The molecule has 7 nitrogen and oxygen atoms in total. The molecule has 2 aliphatic heterocycles. The number of halogens is 3. The quantitative estimate of drug-likeness (QED) is 0.510. The lowest BCUT2D eigenvalue weighted by atomic mass is 9.80. The van der Waals surface area contributed by atoms with Crippen molar-refractivity contribution in [1.82, 2.24) is 14.9 Å². The van der Waals surface area contributed by atoms with E-state index in [1.54, 1.807) is 32.3 Å². The molecule has 10 heteroatoms. The van der Waals surface area contributed by atoms with E-state index in [9.17, 15) is 22.8 Å². The molecule has 6 rings (SSSR count). The second-order valence-electron chi connectivity index (χ2n) is 10.4. The summed E-state index contributed by atoms with van der Waals surface area (Å²) < 4.78 is 41.1. The van der Waals surface area contributed by atoms with E-state index in [4.69, 9.17) is 0 Å². The van der Waals surface area contributed by atoms with E-state index < -0.39 is 28.6 Å². The Balaban J connectivity index is 1.27. The van der Waals surface area contributed by atoms with Crippen LogP contribution in [0.2, 0.25) is 0 Å². The maximum absolute atomic E-state index is 13.7. The van der Waals surface area contributed by atoms with Crippen LogP contribution in [0.1, 0.15) is 47.4 Å². The number of carbonyl (C=O) groups is 2. The second-order valence-corrected chi connectivity index (χ2v) is 10.4. The van der Waals surface area contributed by atoms with E-state index >= 15 is 0 Å². The normalized spacial score (nSPS) is 20.8. The summed E-state index contributed by atoms with van der Waals surface area (Å²) in [5, 5.41) is 2.86. The minimum atomic E-state index is -4.60. The fourth-order valence-corrected chi connectivity index (χ4v) is 5.48. The largest absolute Gasteiger partial charge is 0.417 e. The predicted molar refractivity (Wildman–Crippen MR) is 137 cm³/mol. The maximum Gasteiger partial charge on any atom is 0.417 e. The molecule has 3 aliphatic rings. The summed E-state index contributed by atoms with van der Waals surface area (Å²) in [4.78, 5) is 40.3. The van der Waals surface area contributed by atoms with Gasteiger partial charge in [-0.15, -0.1) is 0 Å². The van der Waals surface area contributed by atoms with Crippen molar-refractivity contribution in [3.63, 3.8) is 0 Å². The van der Waals surface area contributed by atoms with Crippen LogP contribution in [0.25, 0.3) is 0 Å². The lowest BCUT2D eigenvalue weighted by Gasteiger charge is -2.20. The molecule has 0 radical (unpaired) electrons. The average molecular weight is 530 g/mol. The van der Waals surface area contributed by atoms with Crippen LogP contribution in [0.5, 0.6) is 0 Å². The van der Waals surface area contributed by atoms with Gasteiger partial charge in [0.25, 0.3) is 5.91 Å². The number of nitrogens with one attached hydrogen (secondary N) is 1. The number of carbonyl (C=O) groups excluding carboxylic acids is 2. The third kappa shape index (κ3) is 3.96. The average Bonchev–Trinajstić information content (AvgIpc) is 3.49. The second kappa shape index (κ2) is 8.50. The summed E-state index contributed by atoms with van der Waals surface area (Å²) in [6, 6.07) is 10.6. The van der Waals surface area contributed by atoms with Crippen LogP contribution in [0, 0.1) is 11.8 Å². The number of hydrogen-bond donors (Lipinski definition) is 1. The molecule has 1 spiro atoms. The Hall–Kier alpha value is -4.52. The van der Waals surface area contributed by atoms with Gasteiger partial charge in [0.1, 0.15) is 17.2 Å². The zero-order valence-electron chi connectivity index (χ0n) is 21.1. The van der Waals surface area contributed by atoms with Crippen molar-refractivity contribution in [3.05, 3.63) is 88.4 Å². The summed E-state index contributed by atoms with van der Waals surface area (Å²) >= 11 is 0. The standard InChI is InChI=1S/C29H22F3N5O2/c1-27(2)26(39)37(24(36-27)19-8-3-4-9-20(19)29(30,31)32)12-6-7-17-13-18-14-28(15-22(18)34-16-17)21-10-5-11-33-23(21)35-25(28)38/h3-5,8-11,13,16H,12,14-15H2,1-2H3,(H,33,35,38). The van der Waals surface area contributed by atoms with Gasteiger partial charge in [0.2, 0.25) is 5.91 Å². The van der Waals surface area contributed by atoms with Crippen LogP contribution < -0.4 is 5.32 Å². The Labute approximate surface area is 222 Å². The number of pyridine rings is 2. The van der Waals surface area contributed by atoms with Gasteiger partial charge in [0.05, 0.1) is 17.5 Å². The molecule has 196 valence electrons. The van der Waals surface area contributed by atoms with Crippen LogP contribution in [-0.4, -0.2) is 44.6 Å². The van der Waals surface area contributed by atoms with E-state index in [2.05, 4.69) is 32.1 Å². The Bertz CT molecular complexity index is 1650. The lowest BCUT2D eigenvalue weighted by molar-refractivity contribution is -0.138. The van der Waals surface area contributed by atoms with Gasteiger partial charge in [0.15, 0.2) is 0 Å². The minimum absolute atomic E-state index is 0.0548. The number of fused-ring (bicyclic) bond motifs is 3.